The van der Waals surface area contributed by atoms with Gasteiger partial charge in [0.15, 0.2) is 0 Å². The Morgan fingerprint density at radius 3 is 2.79 bits per heavy atom. The Bertz CT molecular complexity index is 983. The van der Waals surface area contributed by atoms with Gasteiger partial charge in [-0.25, -0.2) is 4.98 Å². The summed E-state index contributed by atoms with van der Waals surface area (Å²) in [6.45, 7) is 4.33. The van der Waals surface area contributed by atoms with Crippen molar-refractivity contribution in [1.29, 1.82) is 0 Å². The number of nitrogens with zero attached hydrogens (tertiary/aromatic N) is 2. The molecule has 0 spiro atoms. The Morgan fingerprint density at radius 2 is 2.00 bits per heavy atom. The molecule has 0 radical (unpaired) electrons. The summed E-state index contributed by atoms with van der Waals surface area (Å²) in [4.78, 5) is 20.1. The van der Waals surface area contributed by atoms with Crippen molar-refractivity contribution in [3.63, 3.8) is 0 Å². The monoisotopic (exact) mass is 375 g/mol. The lowest BCUT2D eigenvalue weighted by atomic mass is 10.0. The summed E-state index contributed by atoms with van der Waals surface area (Å²) in [5.74, 6) is 0.0253. The Morgan fingerprint density at radius 1 is 1.21 bits per heavy atom. The highest BCUT2D eigenvalue weighted by Crippen LogP contribution is 2.26. The van der Waals surface area contributed by atoms with Crippen molar-refractivity contribution in [3.8, 4) is 11.3 Å². The van der Waals surface area contributed by atoms with E-state index in [2.05, 4.69) is 19.1 Å². The number of fused-ring (bicyclic) bond motifs is 1. The van der Waals surface area contributed by atoms with Gasteiger partial charge in [0.2, 0.25) is 0 Å². The number of rotatable bonds is 4. The Hall–Kier alpha value is -2.76. The van der Waals surface area contributed by atoms with Crippen LogP contribution in [0.1, 0.15) is 22.3 Å². The number of carbonyl (C=O) groups is 1. The summed E-state index contributed by atoms with van der Waals surface area (Å²) in [5.41, 5.74) is 10.2. The van der Waals surface area contributed by atoms with Crippen molar-refractivity contribution < 1.29 is 9.53 Å². The lowest BCUT2D eigenvalue weighted by molar-refractivity contribution is -0.0235. The van der Waals surface area contributed by atoms with E-state index in [0.717, 1.165) is 28.6 Å². The van der Waals surface area contributed by atoms with Gasteiger partial charge in [-0.2, -0.15) is 0 Å². The van der Waals surface area contributed by atoms with Crippen LogP contribution in [0.3, 0.4) is 0 Å². The van der Waals surface area contributed by atoms with Gasteiger partial charge >= 0.3 is 0 Å². The number of para-hydroxylation sites is 1. The van der Waals surface area contributed by atoms with Gasteiger partial charge in [-0.1, -0.05) is 48.0 Å². The fraction of sp³-hybridized carbons (Fsp3) is 0.304. The van der Waals surface area contributed by atoms with Gasteiger partial charge < -0.3 is 15.4 Å². The summed E-state index contributed by atoms with van der Waals surface area (Å²) in [6, 6.07) is 18.0. The zero-order valence-corrected chi connectivity index (χ0v) is 16.1. The minimum Gasteiger partial charge on any atom is -0.374 e. The minimum atomic E-state index is 0.00682. The van der Waals surface area contributed by atoms with Crippen molar-refractivity contribution >= 4 is 16.8 Å². The maximum atomic E-state index is 13.4. The first-order valence-electron chi connectivity index (χ1n) is 9.73. The van der Waals surface area contributed by atoms with Crippen molar-refractivity contribution in [2.45, 2.75) is 19.4 Å². The first kappa shape index (κ1) is 18.6. The first-order chi connectivity index (χ1) is 13.7. The van der Waals surface area contributed by atoms with E-state index in [1.807, 2.05) is 47.4 Å². The number of hydrogen-bond acceptors (Lipinski definition) is 4. The molecule has 28 heavy (non-hydrogen) atoms. The lowest BCUT2D eigenvalue weighted by Crippen LogP contribution is -2.46. The lowest BCUT2D eigenvalue weighted by Gasteiger charge is -2.33. The summed E-state index contributed by atoms with van der Waals surface area (Å²) in [6.07, 6.45) is 0.766. The number of hydrogen-bond donors (Lipinski definition) is 1. The molecule has 1 saturated heterocycles. The normalized spacial score (nSPS) is 17.1. The molecule has 1 aliphatic rings. The molecule has 1 unspecified atom stereocenters. The molecule has 5 nitrogen and oxygen atoms in total. The van der Waals surface area contributed by atoms with E-state index in [4.69, 9.17) is 15.5 Å². The van der Waals surface area contributed by atoms with E-state index < -0.39 is 0 Å². The van der Waals surface area contributed by atoms with Gasteiger partial charge in [0.25, 0.3) is 5.91 Å². The summed E-state index contributed by atoms with van der Waals surface area (Å²) < 4.78 is 5.74. The average molecular weight is 375 g/mol. The molecule has 3 aromatic rings. The smallest absolute Gasteiger partial charge is 0.254 e. The zero-order valence-electron chi connectivity index (χ0n) is 16.1. The third kappa shape index (κ3) is 3.77. The number of ether oxygens (including phenoxy) is 1. The Kier molecular flexibility index (Phi) is 5.37. The van der Waals surface area contributed by atoms with Crippen LogP contribution in [-0.2, 0) is 4.74 Å². The number of aromatic nitrogens is 1. The van der Waals surface area contributed by atoms with Crippen molar-refractivity contribution in [2.75, 3.05) is 26.2 Å². The van der Waals surface area contributed by atoms with Gasteiger partial charge in [0.1, 0.15) is 0 Å². The van der Waals surface area contributed by atoms with Gasteiger partial charge in [-0.05, 0) is 32.0 Å². The van der Waals surface area contributed by atoms with E-state index in [-0.39, 0.29) is 12.0 Å². The van der Waals surface area contributed by atoms with E-state index in [1.165, 1.54) is 5.56 Å². The highest BCUT2D eigenvalue weighted by atomic mass is 16.5. The summed E-state index contributed by atoms with van der Waals surface area (Å²) >= 11 is 0. The molecular weight excluding hydrogens is 350 g/mol. The molecule has 1 aromatic heterocycles. The molecule has 2 N–H and O–H groups in total. The van der Waals surface area contributed by atoms with Crippen LogP contribution < -0.4 is 5.73 Å². The molecule has 0 bridgehead atoms. The number of amides is 1. The van der Waals surface area contributed by atoms with Crippen LogP contribution in [-0.4, -0.2) is 48.1 Å². The van der Waals surface area contributed by atoms with Gasteiger partial charge in [-0.15, -0.1) is 0 Å². The van der Waals surface area contributed by atoms with Gasteiger partial charge in [0.05, 0.1) is 29.5 Å². The average Bonchev–Trinajstić information content (AvgIpc) is 2.73. The molecule has 2 aromatic carbocycles. The van der Waals surface area contributed by atoms with Gasteiger partial charge in [0, 0.05) is 24.0 Å². The molecule has 144 valence electrons. The van der Waals surface area contributed by atoms with Crippen LogP contribution in [0, 0.1) is 6.92 Å². The molecule has 1 atom stereocenters. The molecular formula is C23H25N3O2. The predicted molar refractivity (Wildman–Crippen MR) is 111 cm³/mol. The number of nitrogens with two attached hydrogens (primary N) is 1. The molecule has 1 fully saturated rings. The predicted octanol–water partition coefficient (Wildman–Crippen LogP) is 3.40. The second-order valence-electron chi connectivity index (χ2n) is 7.26. The molecule has 5 heteroatoms. The van der Waals surface area contributed by atoms with Crippen LogP contribution in [0.15, 0.2) is 54.6 Å². The Balaban J connectivity index is 1.74. The summed E-state index contributed by atoms with van der Waals surface area (Å²) in [7, 11) is 0. The summed E-state index contributed by atoms with van der Waals surface area (Å²) in [5, 5.41) is 0.880. The van der Waals surface area contributed by atoms with Crippen molar-refractivity contribution in [1.82, 2.24) is 9.88 Å². The number of aryl methyl sites for hydroxylation is 1. The fourth-order valence-electron chi connectivity index (χ4n) is 3.66. The number of carbonyl (C=O) groups excluding carboxylic acids is 1. The molecule has 1 amide bonds. The van der Waals surface area contributed by atoms with Crippen LogP contribution in [0.2, 0.25) is 0 Å². The third-order valence-electron chi connectivity index (χ3n) is 5.21. The van der Waals surface area contributed by atoms with Gasteiger partial charge in [-0.3, -0.25) is 4.79 Å². The maximum Gasteiger partial charge on any atom is 0.254 e. The fourth-order valence-corrected chi connectivity index (χ4v) is 3.66. The number of pyridine rings is 1. The molecule has 2 heterocycles. The topological polar surface area (TPSA) is 68.5 Å². The number of benzene rings is 2. The molecule has 0 aliphatic carbocycles. The molecule has 4 rings (SSSR count). The quantitative estimate of drug-likeness (QED) is 0.759. The Labute approximate surface area is 165 Å². The first-order valence-corrected chi connectivity index (χ1v) is 9.73. The highest BCUT2D eigenvalue weighted by molar-refractivity contribution is 6.07. The molecule has 0 saturated carbocycles. The van der Waals surface area contributed by atoms with Crippen molar-refractivity contribution in [3.05, 3.63) is 65.7 Å². The zero-order chi connectivity index (χ0) is 19.5. The second kappa shape index (κ2) is 8.09. The number of morpholine rings is 1. The van der Waals surface area contributed by atoms with E-state index in [1.54, 1.807) is 0 Å². The maximum absolute atomic E-state index is 13.4. The van der Waals surface area contributed by atoms with Crippen LogP contribution in [0.4, 0.5) is 0 Å². The SMILES string of the molecule is Cc1ccc(-c2cc(C(=O)N3CCOC(CCN)C3)c3ccccc3n2)cc1. The standard InChI is InChI=1S/C23H25N3O2/c1-16-6-8-17(9-7-16)22-14-20(19-4-2-3-5-21(19)25-22)23(27)26-12-13-28-18(15-26)10-11-24/h2-9,14,18H,10-13,15,24H2,1H3. The van der Waals surface area contributed by atoms with Crippen LogP contribution in [0.5, 0.6) is 0 Å². The minimum absolute atomic E-state index is 0.00682. The second-order valence-corrected chi connectivity index (χ2v) is 7.26. The third-order valence-corrected chi connectivity index (χ3v) is 5.21. The van der Waals surface area contributed by atoms with E-state index in [9.17, 15) is 4.79 Å². The van der Waals surface area contributed by atoms with Crippen LogP contribution in [0.25, 0.3) is 22.2 Å². The van der Waals surface area contributed by atoms with Crippen LogP contribution >= 0.6 is 0 Å². The van der Waals surface area contributed by atoms with E-state index in [0.29, 0.717) is 31.8 Å². The van der Waals surface area contributed by atoms with E-state index >= 15 is 0 Å². The van der Waals surface area contributed by atoms with Crippen molar-refractivity contribution in [2.24, 2.45) is 5.73 Å². The highest BCUT2D eigenvalue weighted by Gasteiger charge is 2.26. The molecule has 1 aliphatic heterocycles. The largest absolute Gasteiger partial charge is 0.374 e.